The van der Waals surface area contributed by atoms with E-state index in [1.807, 2.05) is 18.2 Å². The average molecular weight is 370 g/mol. The number of ether oxygens (including phenoxy) is 1. The zero-order valence-electron chi connectivity index (χ0n) is 15.5. The molecule has 0 radical (unpaired) electrons. The van der Waals surface area contributed by atoms with E-state index >= 15 is 0 Å². The van der Waals surface area contributed by atoms with Gasteiger partial charge in [0, 0.05) is 31.7 Å². The van der Waals surface area contributed by atoms with Crippen LogP contribution in [-0.2, 0) is 4.79 Å². The van der Waals surface area contributed by atoms with Crippen LogP contribution in [-0.4, -0.2) is 53.9 Å². The van der Waals surface area contributed by atoms with Crippen molar-refractivity contribution in [2.45, 2.75) is 20.0 Å². The molecular formula is C21H23FN2O3. The summed E-state index contributed by atoms with van der Waals surface area (Å²) in [5.41, 5.74) is 0.841. The van der Waals surface area contributed by atoms with Crippen LogP contribution in [0.3, 0.4) is 0 Å². The van der Waals surface area contributed by atoms with Gasteiger partial charge in [-0.1, -0.05) is 24.3 Å². The van der Waals surface area contributed by atoms with E-state index in [2.05, 4.69) is 0 Å². The zero-order valence-corrected chi connectivity index (χ0v) is 15.5. The van der Waals surface area contributed by atoms with Crippen molar-refractivity contribution in [1.82, 2.24) is 9.80 Å². The molecule has 27 heavy (non-hydrogen) atoms. The van der Waals surface area contributed by atoms with Gasteiger partial charge in [0.15, 0.2) is 6.10 Å². The highest BCUT2D eigenvalue weighted by Crippen LogP contribution is 2.15. The molecule has 1 heterocycles. The van der Waals surface area contributed by atoms with Gasteiger partial charge in [0.05, 0.1) is 0 Å². The van der Waals surface area contributed by atoms with Crippen LogP contribution >= 0.6 is 0 Å². The molecule has 1 aliphatic rings. The lowest BCUT2D eigenvalue weighted by atomic mass is 10.1. The first-order chi connectivity index (χ1) is 13.0. The summed E-state index contributed by atoms with van der Waals surface area (Å²) >= 11 is 0. The number of piperazine rings is 1. The van der Waals surface area contributed by atoms with Gasteiger partial charge in [-0.25, -0.2) is 4.39 Å². The molecule has 142 valence electrons. The molecule has 0 aliphatic carbocycles. The summed E-state index contributed by atoms with van der Waals surface area (Å²) in [6.45, 7) is 5.08. The maximum Gasteiger partial charge on any atom is 0.263 e. The van der Waals surface area contributed by atoms with Crippen molar-refractivity contribution in [3.8, 4) is 5.75 Å². The number of aryl methyl sites for hydroxylation is 1. The second kappa shape index (κ2) is 8.20. The first kappa shape index (κ1) is 18.9. The summed E-state index contributed by atoms with van der Waals surface area (Å²) in [6, 6.07) is 13.7. The molecule has 1 fully saturated rings. The summed E-state index contributed by atoms with van der Waals surface area (Å²) < 4.78 is 19.4. The first-order valence-electron chi connectivity index (χ1n) is 9.01. The largest absolute Gasteiger partial charge is 0.481 e. The molecule has 0 spiro atoms. The van der Waals surface area contributed by atoms with Crippen molar-refractivity contribution in [3.63, 3.8) is 0 Å². The molecule has 1 atom stereocenters. The Kier molecular flexibility index (Phi) is 5.74. The van der Waals surface area contributed by atoms with Gasteiger partial charge in [-0.15, -0.1) is 0 Å². The number of nitrogens with zero attached hydrogens (tertiary/aromatic N) is 2. The molecule has 1 aliphatic heterocycles. The van der Waals surface area contributed by atoms with Gasteiger partial charge in [0.2, 0.25) is 0 Å². The minimum atomic E-state index is -0.596. The van der Waals surface area contributed by atoms with Crippen LogP contribution in [0.4, 0.5) is 4.39 Å². The Morgan fingerprint density at radius 1 is 1.00 bits per heavy atom. The Morgan fingerprint density at radius 3 is 2.26 bits per heavy atom. The third-order valence-corrected chi connectivity index (χ3v) is 4.70. The number of halogens is 1. The van der Waals surface area contributed by atoms with E-state index in [1.165, 1.54) is 6.07 Å². The molecule has 0 saturated carbocycles. The Balaban J connectivity index is 1.55. The molecule has 3 rings (SSSR count). The molecule has 5 nitrogen and oxygen atoms in total. The normalized spacial score (nSPS) is 15.4. The van der Waals surface area contributed by atoms with E-state index in [0.29, 0.717) is 43.1 Å². The number of carbonyl (C=O) groups is 2. The molecule has 6 heteroatoms. The van der Waals surface area contributed by atoms with Gasteiger partial charge >= 0.3 is 0 Å². The maximum atomic E-state index is 13.7. The average Bonchev–Trinajstić information content (AvgIpc) is 2.70. The number of hydrogen-bond acceptors (Lipinski definition) is 3. The van der Waals surface area contributed by atoms with Crippen molar-refractivity contribution in [3.05, 3.63) is 65.5 Å². The highest BCUT2D eigenvalue weighted by atomic mass is 19.1. The van der Waals surface area contributed by atoms with E-state index in [0.717, 1.165) is 0 Å². The van der Waals surface area contributed by atoms with Gasteiger partial charge < -0.3 is 14.5 Å². The minimum Gasteiger partial charge on any atom is -0.481 e. The van der Waals surface area contributed by atoms with Gasteiger partial charge in [0.1, 0.15) is 11.6 Å². The topological polar surface area (TPSA) is 49.9 Å². The van der Waals surface area contributed by atoms with Crippen LogP contribution in [0.15, 0.2) is 48.5 Å². The summed E-state index contributed by atoms with van der Waals surface area (Å²) in [5.74, 6) is -0.0583. The standard InChI is InChI=1S/C21H23FN2O3/c1-15-8-9-17(14-19(15)22)21(26)24-12-10-23(11-13-24)20(25)16(2)27-18-6-4-3-5-7-18/h3-9,14,16H,10-13H2,1-2H3. The second-order valence-electron chi connectivity index (χ2n) is 6.65. The van der Waals surface area contributed by atoms with Crippen LogP contribution in [0.1, 0.15) is 22.8 Å². The monoisotopic (exact) mass is 370 g/mol. The molecule has 1 unspecified atom stereocenters. The smallest absolute Gasteiger partial charge is 0.263 e. The summed E-state index contributed by atoms with van der Waals surface area (Å²) in [4.78, 5) is 28.5. The third-order valence-electron chi connectivity index (χ3n) is 4.70. The summed E-state index contributed by atoms with van der Waals surface area (Å²) in [5, 5.41) is 0. The number of hydrogen-bond donors (Lipinski definition) is 0. The van der Waals surface area contributed by atoms with Gasteiger partial charge in [0.25, 0.3) is 11.8 Å². The van der Waals surface area contributed by atoms with Crippen molar-refractivity contribution < 1.29 is 18.7 Å². The molecule has 2 amide bonds. The first-order valence-corrected chi connectivity index (χ1v) is 9.01. The van der Waals surface area contributed by atoms with Crippen molar-refractivity contribution in [1.29, 1.82) is 0 Å². The van der Waals surface area contributed by atoms with E-state index in [4.69, 9.17) is 4.74 Å². The van der Waals surface area contributed by atoms with E-state index in [-0.39, 0.29) is 17.6 Å². The van der Waals surface area contributed by atoms with Gasteiger partial charge in [-0.2, -0.15) is 0 Å². The Labute approximate surface area is 158 Å². The highest BCUT2D eigenvalue weighted by molar-refractivity contribution is 5.94. The fourth-order valence-electron chi connectivity index (χ4n) is 3.05. The Bertz CT molecular complexity index is 817. The number of benzene rings is 2. The van der Waals surface area contributed by atoms with Crippen LogP contribution in [0, 0.1) is 12.7 Å². The Morgan fingerprint density at radius 2 is 1.63 bits per heavy atom. The van der Waals surface area contributed by atoms with Crippen LogP contribution < -0.4 is 4.74 Å². The number of amides is 2. The second-order valence-corrected chi connectivity index (χ2v) is 6.65. The highest BCUT2D eigenvalue weighted by Gasteiger charge is 2.28. The lowest BCUT2D eigenvalue weighted by Crippen LogP contribution is -2.53. The van der Waals surface area contributed by atoms with Gasteiger partial charge in [-0.05, 0) is 43.7 Å². The number of rotatable bonds is 4. The zero-order chi connectivity index (χ0) is 19.4. The van der Waals surface area contributed by atoms with Crippen LogP contribution in [0.5, 0.6) is 5.75 Å². The third kappa shape index (κ3) is 4.45. The van der Waals surface area contributed by atoms with E-state index < -0.39 is 6.10 Å². The lowest BCUT2D eigenvalue weighted by molar-refractivity contribution is -0.139. The maximum absolute atomic E-state index is 13.7. The fraction of sp³-hybridized carbons (Fsp3) is 0.333. The predicted octanol–water partition coefficient (Wildman–Crippen LogP) is 2.89. The molecule has 0 N–H and O–H groups in total. The van der Waals surface area contributed by atoms with E-state index in [9.17, 15) is 14.0 Å². The van der Waals surface area contributed by atoms with Crippen molar-refractivity contribution in [2.75, 3.05) is 26.2 Å². The summed E-state index contributed by atoms with van der Waals surface area (Å²) in [6.07, 6.45) is -0.596. The van der Waals surface area contributed by atoms with Crippen LogP contribution in [0.25, 0.3) is 0 Å². The number of carbonyl (C=O) groups excluding carboxylic acids is 2. The fourth-order valence-corrected chi connectivity index (χ4v) is 3.05. The quantitative estimate of drug-likeness (QED) is 0.832. The van der Waals surface area contributed by atoms with Crippen LogP contribution in [0.2, 0.25) is 0 Å². The molecule has 0 bridgehead atoms. The molecule has 0 aromatic heterocycles. The van der Waals surface area contributed by atoms with Gasteiger partial charge in [-0.3, -0.25) is 9.59 Å². The molecular weight excluding hydrogens is 347 g/mol. The minimum absolute atomic E-state index is 0.104. The SMILES string of the molecule is Cc1ccc(C(=O)N2CCN(C(=O)C(C)Oc3ccccc3)CC2)cc1F. The lowest BCUT2D eigenvalue weighted by Gasteiger charge is -2.36. The molecule has 2 aromatic rings. The Hall–Kier alpha value is -2.89. The van der Waals surface area contributed by atoms with Crippen molar-refractivity contribution >= 4 is 11.8 Å². The number of para-hydroxylation sites is 1. The predicted molar refractivity (Wildman–Crippen MR) is 100 cm³/mol. The summed E-state index contributed by atoms with van der Waals surface area (Å²) in [7, 11) is 0. The molecule has 1 saturated heterocycles. The molecule has 2 aromatic carbocycles. The van der Waals surface area contributed by atoms with Crippen molar-refractivity contribution in [2.24, 2.45) is 0 Å². The van der Waals surface area contributed by atoms with E-state index in [1.54, 1.807) is 47.9 Å².